The van der Waals surface area contributed by atoms with Crippen molar-refractivity contribution in [1.82, 2.24) is 37.1 Å². The molecule has 1 N–H and O–H groups in total. The smallest absolute Gasteiger partial charge is 0.351 e. The standard InChI is InChI=1S/C20H26F3N9O4S2/c1-13-8-31(37(33,34)17-10-30(4)11-26-17)6-5-15(13)27-19-24-7-14(20(21,22)23)18(28-19)16-9-32(12-25-16)38(35,36)29(2)3/h7,9-13,15H,5-6,8H2,1-4H3,(H,24,27,28)/t13-,15+/m1/s1. The van der Waals surface area contributed by atoms with E-state index in [1.54, 1.807) is 14.0 Å². The molecule has 4 heterocycles. The minimum atomic E-state index is -4.82. The van der Waals surface area contributed by atoms with Gasteiger partial charge in [-0.1, -0.05) is 6.92 Å². The summed E-state index contributed by atoms with van der Waals surface area (Å²) in [6.45, 7) is 2.11. The van der Waals surface area contributed by atoms with Crippen LogP contribution in [-0.4, -0.2) is 87.1 Å². The van der Waals surface area contributed by atoms with Crippen LogP contribution in [0.15, 0.2) is 36.3 Å². The molecule has 13 nitrogen and oxygen atoms in total. The van der Waals surface area contributed by atoms with Gasteiger partial charge in [-0.05, 0) is 12.3 Å². The Balaban J connectivity index is 1.58. The summed E-state index contributed by atoms with van der Waals surface area (Å²) in [7, 11) is -3.59. The van der Waals surface area contributed by atoms with Crippen LogP contribution in [0.1, 0.15) is 18.9 Å². The van der Waals surface area contributed by atoms with Crippen LogP contribution in [0.2, 0.25) is 0 Å². The molecule has 3 aromatic heterocycles. The maximum absolute atomic E-state index is 13.7. The van der Waals surface area contributed by atoms with Crippen molar-refractivity contribution in [1.29, 1.82) is 0 Å². The van der Waals surface area contributed by atoms with Crippen molar-refractivity contribution >= 4 is 26.2 Å². The van der Waals surface area contributed by atoms with Crippen LogP contribution in [0, 0.1) is 5.92 Å². The predicted octanol–water partition coefficient (Wildman–Crippen LogP) is 1.26. The summed E-state index contributed by atoms with van der Waals surface area (Å²) in [6.07, 6.45) is 0.755. The largest absolute Gasteiger partial charge is 0.420 e. The first-order valence-electron chi connectivity index (χ1n) is 11.3. The van der Waals surface area contributed by atoms with Crippen LogP contribution in [0.25, 0.3) is 11.4 Å². The average molecular weight is 578 g/mol. The summed E-state index contributed by atoms with van der Waals surface area (Å²) in [5.74, 6) is -0.378. The van der Waals surface area contributed by atoms with Gasteiger partial charge in [-0.25, -0.2) is 32.3 Å². The van der Waals surface area contributed by atoms with Crippen LogP contribution in [0.4, 0.5) is 19.1 Å². The van der Waals surface area contributed by atoms with Gasteiger partial charge < -0.3 is 9.88 Å². The van der Waals surface area contributed by atoms with Crippen molar-refractivity contribution in [3.63, 3.8) is 0 Å². The Kier molecular flexibility index (Phi) is 7.28. The summed E-state index contributed by atoms with van der Waals surface area (Å²) in [6, 6.07) is -0.346. The fourth-order valence-corrected chi connectivity index (χ4v) is 6.26. The normalized spacial score (nSPS) is 19.7. The number of nitrogens with one attached hydrogen (secondary N) is 1. The molecule has 3 aromatic rings. The van der Waals surface area contributed by atoms with Crippen LogP contribution in [0.3, 0.4) is 0 Å². The molecule has 2 atom stereocenters. The number of sulfonamides is 1. The quantitative estimate of drug-likeness (QED) is 0.438. The fourth-order valence-electron chi connectivity index (χ4n) is 3.96. The molecule has 1 saturated heterocycles. The number of alkyl halides is 3. The second-order valence-corrected chi connectivity index (χ2v) is 13.0. The number of aryl methyl sites for hydroxylation is 1. The summed E-state index contributed by atoms with van der Waals surface area (Å²) < 4.78 is 96.1. The molecule has 0 amide bonds. The number of hydrogen-bond donors (Lipinski definition) is 1. The van der Waals surface area contributed by atoms with Crippen LogP contribution in [0.5, 0.6) is 0 Å². The van der Waals surface area contributed by atoms with Crippen molar-refractivity contribution < 1.29 is 30.0 Å². The number of hydrogen-bond acceptors (Lipinski definition) is 9. The molecule has 208 valence electrons. The molecule has 0 aromatic carbocycles. The highest BCUT2D eigenvalue weighted by molar-refractivity contribution is 7.89. The van der Waals surface area contributed by atoms with Crippen molar-refractivity contribution in [2.24, 2.45) is 13.0 Å². The van der Waals surface area contributed by atoms with Crippen LogP contribution >= 0.6 is 0 Å². The van der Waals surface area contributed by atoms with Gasteiger partial charge in [0.25, 0.3) is 10.0 Å². The fraction of sp³-hybridized carbons (Fsp3) is 0.500. The maximum atomic E-state index is 13.7. The molecule has 1 aliphatic rings. The Morgan fingerprint density at radius 2 is 1.79 bits per heavy atom. The van der Waals surface area contributed by atoms with Gasteiger partial charge in [-0.15, -0.1) is 0 Å². The van der Waals surface area contributed by atoms with Gasteiger partial charge in [0.1, 0.15) is 23.3 Å². The Bertz CT molecular complexity index is 1530. The molecule has 0 spiro atoms. The lowest BCUT2D eigenvalue weighted by atomic mass is 9.95. The molecule has 1 aliphatic heterocycles. The monoisotopic (exact) mass is 577 g/mol. The Morgan fingerprint density at radius 1 is 1.08 bits per heavy atom. The number of halogens is 3. The molecule has 4 rings (SSSR count). The van der Waals surface area contributed by atoms with Gasteiger partial charge in [-0.3, -0.25) is 0 Å². The third-order valence-electron chi connectivity index (χ3n) is 6.09. The zero-order valence-electron chi connectivity index (χ0n) is 20.8. The van der Waals surface area contributed by atoms with E-state index in [-0.39, 0.29) is 41.7 Å². The van der Waals surface area contributed by atoms with E-state index in [2.05, 4.69) is 25.3 Å². The molecule has 1 fully saturated rings. The highest BCUT2D eigenvalue weighted by atomic mass is 32.2. The summed E-state index contributed by atoms with van der Waals surface area (Å²) >= 11 is 0. The third kappa shape index (κ3) is 5.38. The average Bonchev–Trinajstić information content (AvgIpc) is 3.50. The molecular formula is C20H26F3N9O4S2. The zero-order chi connectivity index (χ0) is 28.0. The lowest BCUT2D eigenvalue weighted by molar-refractivity contribution is -0.137. The first kappa shape index (κ1) is 27.9. The van der Waals surface area contributed by atoms with E-state index in [0.29, 0.717) is 16.6 Å². The topological polar surface area (TPSA) is 148 Å². The molecule has 0 unspecified atom stereocenters. The van der Waals surface area contributed by atoms with Crippen molar-refractivity contribution in [3.8, 4) is 11.4 Å². The predicted molar refractivity (Wildman–Crippen MR) is 129 cm³/mol. The Hall–Kier alpha value is -3.09. The Morgan fingerprint density at radius 3 is 2.37 bits per heavy atom. The van der Waals surface area contributed by atoms with Gasteiger partial charge >= 0.3 is 16.4 Å². The minimum Gasteiger partial charge on any atom is -0.351 e. The van der Waals surface area contributed by atoms with E-state index in [4.69, 9.17) is 0 Å². The molecule has 18 heteroatoms. The first-order valence-corrected chi connectivity index (χ1v) is 14.1. The molecule has 0 saturated carbocycles. The van der Waals surface area contributed by atoms with Crippen molar-refractivity contribution in [2.75, 3.05) is 32.5 Å². The lowest BCUT2D eigenvalue weighted by Crippen LogP contribution is -2.47. The lowest BCUT2D eigenvalue weighted by Gasteiger charge is -2.36. The third-order valence-corrected chi connectivity index (χ3v) is 9.50. The van der Waals surface area contributed by atoms with E-state index in [9.17, 15) is 30.0 Å². The number of rotatable bonds is 7. The molecule has 0 bridgehead atoms. The molecular weight excluding hydrogens is 551 g/mol. The Labute approximate surface area is 217 Å². The minimum absolute atomic E-state index is 0.0648. The van der Waals surface area contributed by atoms with Gasteiger partial charge in [0.05, 0.1) is 12.5 Å². The zero-order valence-corrected chi connectivity index (χ0v) is 22.5. The van der Waals surface area contributed by atoms with Crippen molar-refractivity contribution in [3.05, 3.63) is 36.8 Å². The van der Waals surface area contributed by atoms with E-state index in [1.807, 2.05) is 0 Å². The summed E-state index contributed by atoms with van der Waals surface area (Å²) in [5.41, 5.74) is -2.08. The summed E-state index contributed by atoms with van der Waals surface area (Å²) in [5, 5.41) is 2.93. The van der Waals surface area contributed by atoms with Crippen LogP contribution < -0.4 is 5.32 Å². The van der Waals surface area contributed by atoms with Gasteiger partial charge in [-0.2, -0.15) is 30.2 Å². The molecule has 0 radical (unpaired) electrons. The van der Waals surface area contributed by atoms with Gasteiger partial charge in [0, 0.05) is 52.7 Å². The molecule has 0 aliphatic carbocycles. The van der Waals surface area contributed by atoms with E-state index in [1.165, 1.54) is 35.5 Å². The highest BCUT2D eigenvalue weighted by Crippen LogP contribution is 2.36. The van der Waals surface area contributed by atoms with E-state index < -0.39 is 37.7 Å². The summed E-state index contributed by atoms with van der Waals surface area (Å²) in [4.78, 5) is 15.6. The number of aromatic nitrogens is 6. The maximum Gasteiger partial charge on any atom is 0.420 e. The molecule has 38 heavy (non-hydrogen) atoms. The number of anilines is 1. The van der Waals surface area contributed by atoms with E-state index >= 15 is 0 Å². The van der Waals surface area contributed by atoms with Gasteiger partial charge in [0.2, 0.25) is 5.95 Å². The van der Waals surface area contributed by atoms with E-state index in [0.717, 1.165) is 16.8 Å². The highest BCUT2D eigenvalue weighted by Gasteiger charge is 2.38. The SMILES string of the molecule is C[C@@H]1CN(S(=O)(=O)c2cn(C)cn2)CC[C@@H]1Nc1ncc(C(F)(F)F)c(-c2cn(S(=O)(=O)N(C)C)cn2)n1. The first-order chi connectivity index (χ1) is 17.6. The second kappa shape index (κ2) is 9.90. The number of piperidine rings is 1. The van der Waals surface area contributed by atoms with Gasteiger partial charge in [0.15, 0.2) is 5.03 Å². The number of nitrogens with zero attached hydrogens (tertiary/aromatic N) is 8. The second-order valence-electron chi connectivity index (χ2n) is 9.09. The van der Waals surface area contributed by atoms with Crippen LogP contribution in [-0.2, 0) is 33.5 Å². The van der Waals surface area contributed by atoms with Crippen molar-refractivity contribution in [2.45, 2.75) is 30.6 Å². The number of imidazole rings is 2.